The maximum absolute atomic E-state index is 13.3. The Labute approximate surface area is 224 Å². The fraction of sp³-hybridized carbons (Fsp3) is 0.500. The van der Waals surface area contributed by atoms with Crippen molar-refractivity contribution in [2.75, 3.05) is 32.8 Å². The molecule has 0 spiro atoms. The molecule has 1 heterocycles. The van der Waals surface area contributed by atoms with Crippen LogP contribution in [0.4, 0.5) is 9.59 Å². The Morgan fingerprint density at radius 2 is 1.55 bits per heavy atom. The molecule has 0 aromatic heterocycles. The Bertz CT molecular complexity index is 1100. The number of carboxylic acids is 1. The molecule has 0 bridgehead atoms. The van der Waals surface area contributed by atoms with Crippen LogP contribution < -0.4 is 0 Å². The van der Waals surface area contributed by atoms with Crippen molar-refractivity contribution < 1.29 is 29.0 Å². The molecule has 8 nitrogen and oxygen atoms in total. The Kier molecular flexibility index (Phi) is 8.59. The molecular formula is C30H38N2O6. The van der Waals surface area contributed by atoms with Gasteiger partial charge in [0.05, 0.1) is 0 Å². The summed E-state index contributed by atoms with van der Waals surface area (Å²) in [5, 5.41) is 9.10. The van der Waals surface area contributed by atoms with Gasteiger partial charge in [0.25, 0.3) is 0 Å². The van der Waals surface area contributed by atoms with Crippen molar-refractivity contribution >= 4 is 18.2 Å². The Morgan fingerprint density at radius 1 is 0.974 bits per heavy atom. The number of piperidine rings is 1. The lowest BCUT2D eigenvalue weighted by Crippen LogP contribution is -2.45. The highest BCUT2D eigenvalue weighted by molar-refractivity contribution is 5.79. The Balaban J connectivity index is 1.37. The molecule has 2 amide bonds. The summed E-state index contributed by atoms with van der Waals surface area (Å²) in [6, 6.07) is 16.4. The minimum atomic E-state index is -0.886. The monoisotopic (exact) mass is 522 g/mol. The predicted octanol–water partition coefficient (Wildman–Crippen LogP) is 5.75. The summed E-state index contributed by atoms with van der Waals surface area (Å²) in [5.74, 6) is -0.730. The number of rotatable bonds is 8. The molecule has 2 aliphatic rings. The summed E-state index contributed by atoms with van der Waals surface area (Å²) in [6.07, 6.45) is 1.09. The van der Waals surface area contributed by atoms with Crippen LogP contribution in [0.1, 0.15) is 63.5 Å². The van der Waals surface area contributed by atoms with Crippen LogP contribution in [0.3, 0.4) is 0 Å². The van der Waals surface area contributed by atoms with Gasteiger partial charge in [0.1, 0.15) is 12.2 Å². The highest BCUT2D eigenvalue weighted by atomic mass is 16.6. The van der Waals surface area contributed by atoms with Crippen LogP contribution in [-0.4, -0.2) is 71.4 Å². The van der Waals surface area contributed by atoms with Crippen LogP contribution >= 0.6 is 0 Å². The smallest absolute Gasteiger partial charge is 0.410 e. The zero-order valence-corrected chi connectivity index (χ0v) is 22.5. The highest BCUT2D eigenvalue weighted by Crippen LogP contribution is 2.44. The van der Waals surface area contributed by atoms with Crippen molar-refractivity contribution in [1.82, 2.24) is 9.80 Å². The number of fused-ring (bicyclic) bond motifs is 3. The van der Waals surface area contributed by atoms with E-state index in [0.29, 0.717) is 32.6 Å². The van der Waals surface area contributed by atoms with Crippen LogP contribution in [0.2, 0.25) is 0 Å². The number of nitrogens with zero attached hydrogens (tertiary/aromatic N) is 2. The van der Waals surface area contributed by atoms with Crippen molar-refractivity contribution in [3.05, 3.63) is 59.7 Å². The maximum Gasteiger partial charge on any atom is 0.410 e. The van der Waals surface area contributed by atoms with Gasteiger partial charge in [-0.3, -0.25) is 4.79 Å². The summed E-state index contributed by atoms with van der Waals surface area (Å²) < 4.78 is 11.4. The molecule has 2 aromatic rings. The molecule has 204 valence electrons. The normalized spacial score (nSPS) is 15.5. The van der Waals surface area contributed by atoms with Crippen molar-refractivity contribution in [2.45, 2.75) is 58.0 Å². The molecule has 0 atom stereocenters. The summed E-state index contributed by atoms with van der Waals surface area (Å²) >= 11 is 0. The average molecular weight is 523 g/mol. The molecule has 2 aromatic carbocycles. The van der Waals surface area contributed by atoms with E-state index in [0.717, 1.165) is 24.0 Å². The highest BCUT2D eigenvalue weighted by Gasteiger charge is 2.31. The molecule has 1 aliphatic carbocycles. The largest absolute Gasteiger partial charge is 0.481 e. The van der Waals surface area contributed by atoms with Gasteiger partial charge in [0.2, 0.25) is 0 Å². The first kappa shape index (κ1) is 27.5. The molecular weight excluding hydrogens is 484 g/mol. The van der Waals surface area contributed by atoms with Gasteiger partial charge in [-0.25, -0.2) is 9.59 Å². The van der Waals surface area contributed by atoms with E-state index in [9.17, 15) is 14.4 Å². The molecule has 1 aliphatic heterocycles. The number of ether oxygens (including phenoxy) is 2. The van der Waals surface area contributed by atoms with Crippen molar-refractivity contribution in [3.63, 3.8) is 0 Å². The zero-order valence-electron chi connectivity index (χ0n) is 22.5. The second-order valence-corrected chi connectivity index (χ2v) is 11.2. The summed E-state index contributed by atoms with van der Waals surface area (Å²) in [5.41, 5.74) is 4.08. The first-order valence-corrected chi connectivity index (χ1v) is 13.4. The molecule has 0 saturated carbocycles. The quantitative estimate of drug-likeness (QED) is 0.474. The molecule has 1 saturated heterocycles. The molecule has 1 N–H and O–H groups in total. The second-order valence-electron chi connectivity index (χ2n) is 11.2. The number of benzene rings is 2. The van der Waals surface area contributed by atoms with Gasteiger partial charge in [0.15, 0.2) is 0 Å². The number of hydrogen-bond donors (Lipinski definition) is 1. The van der Waals surface area contributed by atoms with Gasteiger partial charge in [-0.2, -0.15) is 0 Å². The van der Waals surface area contributed by atoms with Crippen molar-refractivity contribution in [3.8, 4) is 11.1 Å². The first-order chi connectivity index (χ1) is 18.1. The summed E-state index contributed by atoms with van der Waals surface area (Å²) in [4.78, 5) is 40.1. The van der Waals surface area contributed by atoms with E-state index in [1.165, 1.54) is 11.1 Å². The molecule has 38 heavy (non-hydrogen) atoms. The van der Waals surface area contributed by atoms with Crippen LogP contribution in [0.5, 0.6) is 0 Å². The Morgan fingerprint density at radius 3 is 2.11 bits per heavy atom. The molecule has 8 heteroatoms. The standard InChI is InChI=1S/C30H38N2O6/c1-30(2,3)38-29(36)31-17-14-21(15-18-31)19-32(16-8-13-27(33)34)28(35)37-20-26-24-11-6-4-9-22(24)23-10-5-7-12-25(23)26/h4-7,9-12,21,26H,8,13-20H2,1-3H3,(H,33,34). The number of carboxylic acid groups (broad SMARTS) is 1. The molecule has 0 unspecified atom stereocenters. The number of carbonyl (C=O) groups excluding carboxylic acids is 2. The number of aliphatic carboxylic acids is 1. The van der Waals surface area contributed by atoms with Crippen LogP contribution in [0, 0.1) is 5.92 Å². The van der Waals surface area contributed by atoms with Gasteiger partial charge in [0, 0.05) is 38.5 Å². The number of carbonyl (C=O) groups is 3. The molecule has 1 fully saturated rings. The third-order valence-electron chi connectivity index (χ3n) is 7.16. The maximum atomic E-state index is 13.3. The second kappa shape index (κ2) is 11.9. The van der Waals surface area contributed by atoms with E-state index < -0.39 is 17.7 Å². The molecule has 4 rings (SSSR count). The lowest BCUT2D eigenvalue weighted by molar-refractivity contribution is -0.137. The van der Waals surface area contributed by atoms with Crippen molar-refractivity contribution in [2.24, 2.45) is 5.92 Å². The third-order valence-corrected chi connectivity index (χ3v) is 7.16. The van der Waals surface area contributed by atoms with E-state index in [1.54, 1.807) is 9.80 Å². The van der Waals surface area contributed by atoms with E-state index in [4.69, 9.17) is 14.6 Å². The fourth-order valence-corrected chi connectivity index (χ4v) is 5.30. The third kappa shape index (κ3) is 6.85. The number of hydrogen-bond acceptors (Lipinski definition) is 5. The number of likely N-dealkylation sites (tertiary alicyclic amines) is 1. The van der Waals surface area contributed by atoms with Crippen LogP contribution in [0.15, 0.2) is 48.5 Å². The van der Waals surface area contributed by atoms with Crippen molar-refractivity contribution in [1.29, 1.82) is 0 Å². The zero-order chi connectivity index (χ0) is 27.3. The SMILES string of the molecule is CC(C)(C)OC(=O)N1CCC(CN(CCCC(=O)O)C(=O)OCC2c3ccccc3-c3ccccc32)CC1. The lowest BCUT2D eigenvalue weighted by Gasteiger charge is -2.35. The van der Waals surface area contributed by atoms with Crippen LogP contribution in [-0.2, 0) is 14.3 Å². The lowest BCUT2D eigenvalue weighted by atomic mass is 9.96. The molecule has 0 radical (unpaired) electrons. The summed E-state index contributed by atoms with van der Waals surface area (Å²) in [7, 11) is 0. The first-order valence-electron chi connectivity index (χ1n) is 13.4. The number of amides is 2. The van der Waals surface area contributed by atoms with E-state index in [-0.39, 0.29) is 31.0 Å². The van der Waals surface area contributed by atoms with Gasteiger partial charge in [-0.1, -0.05) is 48.5 Å². The Hall–Kier alpha value is -3.55. The average Bonchev–Trinajstić information content (AvgIpc) is 3.19. The van der Waals surface area contributed by atoms with E-state index in [1.807, 2.05) is 45.0 Å². The minimum Gasteiger partial charge on any atom is -0.481 e. The van der Waals surface area contributed by atoms with Gasteiger partial charge < -0.3 is 24.4 Å². The van der Waals surface area contributed by atoms with Gasteiger partial charge >= 0.3 is 18.2 Å². The van der Waals surface area contributed by atoms with Crippen LogP contribution in [0.25, 0.3) is 11.1 Å². The van der Waals surface area contributed by atoms with E-state index in [2.05, 4.69) is 24.3 Å². The predicted molar refractivity (Wildman–Crippen MR) is 144 cm³/mol. The fourth-order valence-electron chi connectivity index (χ4n) is 5.30. The minimum absolute atomic E-state index is 0.00968. The van der Waals surface area contributed by atoms with E-state index >= 15 is 0 Å². The van der Waals surface area contributed by atoms with Gasteiger partial charge in [-0.15, -0.1) is 0 Å². The topological polar surface area (TPSA) is 96.4 Å². The summed E-state index contributed by atoms with van der Waals surface area (Å²) in [6.45, 7) is 7.68. The van der Waals surface area contributed by atoms with Gasteiger partial charge in [-0.05, 0) is 68.2 Å².